The molecule has 2 heterocycles. The second-order valence-corrected chi connectivity index (χ2v) is 7.78. The lowest BCUT2D eigenvalue weighted by atomic mass is 9.98. The molecule has 0 aliphatic rings. The maximum atomic E-state index is 13.5. The van der Waals surface area contributed by atoms with Gasteiger partial charge in [0.2, 0.25) is 0 Å². The monoisotopic (exact) mass is 439 g/mol. The van der Waals surface area contributed by atoms with Gasteiger partial charge in [0.25, 0.3) is 11.8 Å². The Morgan fingerprint density at radius 3 is 2.42 bits per heavy atom. The average Bonchev–Trinajstić information content (AvgIpc) is 3.09. The van der Waals surface area contributed by atoms with Crippen LogP contribution in [0.1, 0.15) is 66.3 Å². The number of amides is 1. The van der Waals surface area contributed by atoms with Crippen molar-refractivity contribution in [2.75, 3.05) is 0 Å². The summed E-state index contributed by atoms with van der Waals surface area (Å²) in [5, 5.41) is 3.27. The van der Waals surface area contributed by atoms with E-state index in [1.807, 2.05) is 0 Å². The molecule has 1 amide bonds. The first-order chi connectivity index (χ1) is 14.3. The minimum Gasteiger partial charge on any atom is -0.360 e. The number of halogens is 5. The minimum atomic E-state index is -4.26. The first-order valence-electron chi connectivity index (χ1n) is 9.68. The van der Waals surface area contributed by atoms with Gasteiger partial charge >= 0.3 is 6.18 Å². The Balaban J connectivity index is 1.72. The van der Waals surface area contributed by atoms with Gasteiger partial charge in [-0.05, 0) is 30.5 Å². The molecule has 0 aliphatic heterocycles. The van der Waals surface area contributed by atoms with E-state index in [1.165, 1.54) is 37.5 Å². The van der Waals surface area contributed by atoms with Crippen molar-refractivity contribution >= 4 is 16.8 Å². The largest absolute Gasteiger partial charge is 0.389 e. The Kier molecular flexibility index (Phi) is 6.07. The van der Waals surface area contributed by atoms with Gasteiger partial charge in [0.1, 0.15) is 0 Å². The van der Waals surface area contributed by atoms with Crippen LogP contribution in [0.3, 0.4) is 0 Å². The fourth-order valence-corrected chi connectivity index (χ4v) is 3.36. The summed E-state index contributed by atoms with van der Waals surface area (Å²) in [6, 6.07) is 6.69. The lowest BCUT2D eigenvalue weighted by molar-refractivity contribution is -0.137. The van der Waals surface area contributed by atoms with E-state index in [2.05, 4.69) is 15.3 Å². The van der Waals surface area contributed by atoms with Crippen LogP contribution < -0.4 is 5.32 Å². The van der Waals surface area contributed by atoms with Gasteiger partial charge in [-0.1, -0.05) is 25.1 Å². The number of carbonyl (C=O) groups excluding carboxylic acids is 1. The Bertz CT molecular complexity index is 1070. The number of hydrogen-bond donors (Lipinski definition) is 2. The number of pyridine rings is 1. The van der Waals surface area contributed by atoms with Crippen LogP contribution in [0.25, 0.3) is 10.9 Å². The zero-order valence-electron chi connectivity index (χ0n) is 17.1. The number of rotatable bonds is 6. The number of aromatic amines is 1. The summed E-state index contributed by atoms with van der Waals surface area (Å²) in [5.74, 6) is -4.14. The van der Waals surface area contributed by atoms with Gasteiger partial charge < -0.3 is 10.3 Å². The highest BCUT2D eigenvalue weighted by atomic mass is 19.4. The summed E-state index contributed by atoms with van der Waals surface area (Å²) in [4.78, 5) is 19.7. The second kappa shape index (κ2) is 8.28. The topological polar surface area (TPSA) is 57.8 Å². The maximum Gasteiger partial charge on any atom is 0.389 e. The van der Waals surface area contributed by atoms with Gasteiger partial charge in [-0.2, -0.15) is 13.2 Å². The molecule has 2 aromatic heterocycles. The molecular weight excluding hydrogens is 417 g/mol. The van der Waals surface area contributed by atoms with E-state index in [4.69, 9.17) is 0 Å². The van der Waals surface area contributed by atoms with Crippen LogP contribution in [0.4, 0.5) is 22.0 Å². The van der Waals surface area contributed by atoms with Gasteiger partial charge in [0, 0.05) is 35.8 Å². The zero-order chi connectivity index (χ0) is 23.0. The van der Waals surface area contributed by atoms with E-state index in [0.717, 1.165) is 6.92 Å². The van der Waals surface area contributed by atoms with E-state index in [9.17, 15) is 26.7 Å². The number of nitrogens with zero attached hydrogens (tertiary/aromatic N) is 1. The summed E-state index contributed by atoms with van der Waals surface area (Å²) in [6.45, 7) is 3.98. The predicted molar refractivity (Wildman–Crippen MR) is 107 cm³/mol. The highest BCUT2D eigenvalue weighted by molar-refractivity contribution is 6.06. The van der Waals surface area contributed by atoms with Crippen LogP contribution in [0.5, 0.6) is 0 Å². The van der Waals surface area contributed by atoms with E-state index in [-0.39, 0.29) is 5.56 Å². The first-order valence-corrected chi connectivity index (χ1v) is 9.68. The SMILES string of the molecule is CC(CC(F)(F)F)c1ccc(C(C)NC(=O)c2c[nH]c3cc(C(C)(F)F)ccc23)nc1. The molecule has 4 nitrogen and oxygen atoms in total. The molecule has 0 spiro atoms. The molecule has 0 saturated heterocycles. The van der Waals surface area contributed by atoms with Crippen LogP contribution >= 0.6 is 0 Å². The van der Waals surface area contributed by atoms with E-state index < -0.39 is 36.4 Å². The summed E-state index contributed by atoms with van der Waals surface area (Å²) in [6.07, 6.45) is -2.37. The Morgan fingerprint density at radius 1 is 1.13 bits per heavy atom. The van der Waals surface area contributed by atoms with Crippen LogP contribution in [0.15, 0.2) is 42.7 Å². The van der Waals surface area contributed by atoms with Crippen molar-refractivity contribution in [1.82, 2.24) is 15.3 Å². The molecule has 3 aromatic rings. The normalized spacial score (nSPS) is 14.5. The molecule has 0 fully saturated rings. The maximum absolute atomic E-state index is 13.5. The van der Waals surface area contributed by atoms with Crippen molar-refractivity contribution < 1.29 is 26.7 Å². The van der Waals surface area contributed by atoms with Crippen LogP contribution in [-0.2, 0) is 5.92 Å². The van der Waals surface area contributed by atoms with E-state index in [1.54, 1.807) is 19.1 Å². The summed E-state index contributed by atoms with van der Waals surface area (Å²) >= 11 is 0. The Morgan fingerprint density at radius 2 is 1.84 bits per heavy atom. The molecule has 0 radical (unpaired) electrons. The fraction of sp³-hybridized carbons (Fsp3) is 0.364. The van der Waals surface area contributed by atoms with Crippen molar-refractivity contribution in [1.29, 1.82) is 0 Å². The third-order valence-corrected chi connectivity index (χ3v) is 5.14. The second-order valence-electron chi connectivity index (χ2n) is 7.78. The van der Waals surface area contributed by atoms with Gasteiger partial charge in [0.15, 0.2) is 0 Å². The number of carbonyl (C=O) groups is 1. The van der Waals surface area contributed by atoms with Gasteiger partial charge in [0.05, 0.1) is 23.7 Å². The van der Waals surface area contributed by atoms with E-state index in [0.29, 0.717) is 27.7 Å². The van der Waals surface area contributed by atoms with E-state index >= 15 is 0 Å². The molecule has 31 heavy (non-hydrogen) atoms. The van der Waals surface area contributed by atoms with Crippen molar-refractivity contribution in [2.45, 2.75) is 51.3 Å². The van der Waals surface area contributed by atoms with Crippen LogP contribution in [0, 0.1) is 0 Å². The number of H-pyrrole nitrogens is 1. The molecule has 0 saturated carbocycles. The Hall–Kier alpha value is -2.97. The van der Waals surface area contributed by atoms with Crippen molar-refractivity contribution in [3.63, 3.8) is 0 Å². The molecule has 2 N–H and O–H groups in total. The van der Waals surface area contributed by atoms with Gasteiger partial charge in [-0.15, -0.1) is 0 Å². The fourth-order valence-electron chi connectivity index (χ4n) is 3.36. The molecule has 1 aromatic carbocycles. The molecular formula is C22H22F5N3O. The predicted octanol–water partition coefficient (Wildman–Crippen LogP) is 6.22. The number of aromatic nitrogens is 2. The van der Waals surface area contributed by atoms with Crippen LogP contribution in [0.2, 0.25) is 0 Å². The summed E-state index contributed by atoms with van der Waals surface area (Å²) in [5.41, 5.74) is 1.50. The summed E-state index contributed by atoms with van der Waals surface area (Å²) < 4.78 is 64.7. The molecule has 9 heteroatoms. The zero-order valence-corrected chi connectivity index (χ0v) is 17.1. The van der Waals surface area contributed by atoms with Gasteiger partial charge in [-0.25, -0.2) is 8.78 Å². The lowest BCUT2D eigenvalue weighted by Gasteiger charge is -2.16. The highest BCUT2D eigenvalue weighted by Crippen LogP contribution is 2.32. The smallest absolute Gasteiger partial charge is 0.360 e. The summed E-state index contributed by atoms with van der Waals surface area (Å²) in [7, 11) is 0. The van der Waals surface area contributed by atoms with Crippen molar-refractivity contribution in [2.24, 2.45) is 0 Å². The first kappa shape index (κ1) is 22.7. The minimum absolute atomic E-state index is 0.161. The number of nitrogens with one attached hydrogen (secondary N) is 2. The third kappa shape index (κ3) is 5.39. The van der Waals surface area contributed by atoms with Crippen molar-refractivity contribution in [3.05, 3.63) is 65.1 Å². The highest BCUT2D eigenvalue weighted by Gasteiger charge is 2.30. The molecule has 0 bridgehead atoms. The Labute approximate surface area is 175 Å². The quantitative estimate of drug-likeness (QED) is 0.448. The molecule has 2 atom stereocenters. The number of fused-ring (bicyclic) bond motifs is 1. The molecule has 0 aliphatic carbocycles. The van der Waals surface area contributed by atoms with Gasteiger partial charge in [-0.3, -0.25) is 9.78 Å². The van der Waals surface area contributed by atoms with Crippen LogP contribution in [-0.4, -0.2) is 22.1 Å². The lowest BCUT2D eigenvalue weighted by Crippen LogP contribution is -2.27. The molecule has 3 rings (SSSR count). The number of benzene rings is 1. The standard InChI is InChI=1S/C22H22F5N3O/c1-12(9-22(25,26)27)14-4-7-18(28-10-14)13(2)30-20(31)17-11-29-19-8-15(21(3,23)24)5-6-16(17)19/h4-8,10-13,29H,9H2,1-3H3,(H,30,31). The average molecular weight is 439 g/mol. The molecule has 2 unspecified atom stereocenters. The number of alkyl halides is 5. The van der Waals surface area contributed by atoms with Crippen molar-refractivity contribution in [3.8, 4) is 0 Å². The third-order valence-electron chi connectivity index (χ3n) is 5.14. The number of hydrogen-bond acceptors (Lipinski definition) is 2. The molecule has 166 valence electrons.